The van der Waals surface area contributed by atoms with Crippen LogP contribution in [0, 0.1) is 5.92 Å². The summed E-state index contributed by atoms with van der Waals surface area (Å²) in [6.45, 7) is 2.99. The van der Waals surface area contributed by atoms with Gasteiger partial charge in [-0.15, -0.1) is 0 Å². The fraction of sp³-hybridized carbons (Fsp3) is 0.611. The molecular weight excluding hydrogens is 264 g/mol. The fourth-order valence-corrected chi connectivity index (χ4v) is 2.34. The zero-order chi connectivity index (χ0) is 15.3. The third-order valence-corrected chi connectivity index (χ3v) is 3.69. The minimum Gasteiger partial charge on any atom is -0.481 e. The lowest BCUT2D eigenvalue weighted by Crippen LogP contribution is -2.19. The van der Waals surface area contributed by atoms with Gasteiger partial charge in [0.05, 0.1) is 19.1 Å². The summed E-state index contributed by atoms with van der Waals surface area (Å²) in [6.07, 6.45) is 7.82. The van der Waals surface area contributed by atoms with Crippen LogP contribution in [0.4, 0.5) is 0 Å². The van der Waals surface area contributed by atoms with Crippen molar-refractivity contribution in [3.05, 3.63) is 35.9 Å². The Bertz CT molecular complexity index is 375. The molecule has 1 atom stereocenters. The maximum absolute atomic E-state index is 11.2. The van der Waals surface area contributed by atoms with E-state index >= 15 is 0 Å². The molecule has 1 N–H and O–H groups in total. The van der Waals surface area contributed by atoms with Gasteiger partial charge in [-0.05, 0) is 12.0 Å². The van der Waals surface area contributed by atoms with E-state index in [0.717, 1.165) is 24.8 Å². The molecular formula is C18H28O3. The van der Waals surface area contributed by atoms with Crippen LogP contribution in [0.15, 0.2) is 30.3 Å². The van der Waals surface area contributed by atoms with Gasteiger partial charge < -0.3 is 9.84 Å². The second kappa shape index (κ2) is 11.3. The maximum Gasteiger partial charge on any atom is 0.308 e. The minimum atomic E-state index is -0.739. The van der Waals surface area contributed by atoms with Crippen molar-refractivity contribution < 1.29 is 14.6 Å². The largest absolute Gasteiger partial charge is 0.481 e. The first-order chi connectivity index (χ1) is 10.2. The number of hydrogen-bond acceptors (Lipinski definition) is 2. The van der Waals surface area contributed by atoms with Crippen molar-refractivity contribution in [3.8, 4) is 0 Å². The van der Waals surface area contributed by atoms with Gasteiger partial charge >= 0.3 is 5.97 Å². The van der Waals surface area contributed by atoms with E-state index in [9.17, 15) is 9.90 Å². The average molecular weight is 292 g/mol. The summed E-state index contributed by atoms with van der Waals surface area (Å²) in [5, 5.41) is 9.23. The van der Waals surface area contributed by atoms with Crippen molar-refractivity contribution in [2.75, 3.05) is 6.61 Å². The summed E-state index contributed by atoms with van der Waals surface area (Å²) in [5.41, 5.74) is 1.08. The van der Waals surface area contributed by atoms with Crippen molar-refractivity contribution in [2.24, 2.45) is 5.92 Å². The average Bonchev–Trinajstić information content (AvgIpc) is 2.49. The summed E-state index contributed by atoms with van der Waals surface area (Å²) in [6, 6.07) is 9.86. The van der Waals surface area contributed by atoms with Gasteiger partial charge in [-0.25, -0.2) is 0 Å². The molecule has 0 spiro atoms. The monoisotopic (exact) mass is 292 g/mol. The van der Waals surface area contributed by atoms with Crippen LogP contribution in [0.1, 0.15) is 57.4 Å². The number of carboxylic acid groups (broad SMARTS) is 1. The van der Waals surface area contributed by atoms with Crippen LogP contribution in [-0.4, -0.2) is 17.7 Å². The van der Waals surface area contributed by atoms with Gasteiger partial charge in [-0.2, -0.15) is 0 Å². The third kappa shape index (κ3) is 8.51. The molecule has 0 bridgehead atoms. The fourth-order valence-electron chi connectivity index (χ4n) is 2.34. The Morgan fingerprint density at radius 3 is 2.43 bits per heavy atom. The van der Waals surface area contributed by atoms with Gasteiger partial charge in [-0.1, -0.05) is 75.8 Å². The van der Waals surface area contributed by atoms with Gasteiger partial charge in [0.25, 0.3) is 0 Å². The molecule has 21 heavy (non-hydrogen) atoms. The number of rotatable bonds is 12. The molecule has 0 radical (unpaired) electrons. The Morgan fingerprint density at radius 1 is 1.10 bits per heavy atom. The van der Waals surface area contributed by atoms with Crippen LogP contribution in [0.3, 0.4) is 0 Å². The van der Waals surface area contributed by atoms with Gasteiger partial charge in [-0.3, -0.25) is 4.79 Å². The zero-order valence-corrected chi connectivity index (χ0v) is 13.1. The smallest absolute Gasteiger partial charge is 0.308 e. The lowest BCUT2D eigenvalue weighted by atomic mass is 10.0. The molecule has 0 aliphatic carbocycles. The summed E-state index contributed by atoms with van der Waals surface area (Å²) < 4.78 is 5.56. The van der Waals surface area contributed by atoms with Crippen LogP contribution in [0.2, 0.25) is 0 Å². The number of hydrogen-bond donors (Lipinski definition) is 1. The topological polar surface area (TPSA) is 46.5 Å². The minimum absolute atomic E-state index is 0.305. The molecule has 0 unspecified atom stereocenters. The summed E-state index contributed by atoms with van der Waals surface area (Å²) in [7, 11) is 0. The number of aliphatic carboxylic acids is 1. The number of ether oxygens (including phenoxy) is 1. The van der Waals surface area contributed by atoms with E-state index in [4.69, 9.17) is 4.74 Å². The van der Waals surface area contributed by atoms with Gasteiger partial charge in [0, 0.05) is 0 Å². The van der Waals surface area contributed by atoms with Crippen molar-refractivity contribution in [3.63, 3.8) is 0 Å². The SMILES string of the molecule is CCCCCCCC[C@H](COCc1ccccc1)C(=O)O. The molecule has 0 amide bonds. The Hall–Kier alpha value is -1.35. The first-order valence-corrected chi connectivity index (χ1v) is 8.08. The maximum atomic E-state index is 11.2. The summed E-state index contributed by atoms with van der Waals surface area (Å²) >= 11 is 0. The lowest BCUT2D eigenvalue weighted by Gasteiger charge is -2.13. The Kier molecular flexibility index (Phi) is 9.55. The summed E-state index contributed by atoms with van der Waals surface area (Å²) in [5.74, 6) is -1.11. The van der Waals surface area contributed by atoms with E-state index in [1.54, 1.807) is 0 Å². The molecule has 1 aromatic rings. The Labute approximate surface area is 128 Å². The predicted molar refractivity (Wildman–Crippen MR) is 85.2 cm³/mol. The van der Waals surface area contributed by atoms with Gasteiger partial charge in [0.1, 0.15) is 0 Å². The third-order valence-electron chi connectivity index (χ3n) is 3.69. The molecule has 0 aliphatic heterocycles. The molecule has 0 aliphatic rings. The quantitative estimate of drug-likeness (QED) is 0.570. The predicted octanol–water partition coefficient (Wildman–Crippen LogP) is 4.65. The number of benzene rings is 1. The molecule has 1 rings (SSSR count). The Balaban J connectivity index is 2.16. The van der Waals surface area contributed by atoms with Crippen LogP contribution >= 0.6 is 0 Å². The van der Waals surface area contributed by atoms with Gasteiger partial charge in [0.2, 0.25) is 0 Å². The molecule has 0 saturated carbocycles. The molecule has 0 heterocycles. The number of carboxylic acids is 1. The second-order valence-corrected chi connectivity index (χ2v) is 5.59. The van der Waals surface area contributed by atoms with Crippen molar-refractivity contribution in [1.29, 1.82) is 0 Å². The van der Waals surface area contributed by atoms with Crippen LogP contribution in [0.5, 0.6) is 0 Å². The summed E-state index contributed by atoms with van der Waals surface area (Å²) in [4.78, 5) is 11.2. The highest BCUT2D eigenvalue weighted by atomic mass is 16.5. The van der Waals surface area contributed by atoms with Crippen molar-refractivity contribution in [1.82, 2.24) is 0 Å². The molecule has 3 heteroatoms. The van der Waals surface area contributed by atoms with E-state index in [1.807, 2.05) is 30.3 Å². The van der Waals surface area contributed by atoms with Gasteiger partial charge in [0.15, 0.2) is 0 Å². The molecule has 1 aromatic carbocycles. The standard InChI is InChI=1S/C18H28O3/c1-2-3-4-5-6-10-13-17(18(19)20)15-21-14-16-11-8-7-9-12-16/h7-9,11-12,17H,2-6,10,13-15H2,1H3,(H,19,20)/t17-/m1/s1. The molecule has 0 fully saturated rings. The van der Waals surface area contributed by atoms with Crippen LogP contribution < -0.4 is 0 Å². The lowest BCUT2D eigenvalue weighted by molar-refractivity contribution is -0.144. The zero-order valence-electron chi connectivity index (χ0n) is 13.1. The molecule has 118 valence electrons. The van der Waals surface area contributed by atoms with Crippen LogP contribution in [-0.2, 0) is 16.1 Å². The first kappa shape index (κ1) is 17.7. The number of unbranched alkanes of at least 4 members (excludes halogenated alkanes) is 5. The van der Waals surface area contributed by atoms with Crippen molar-refractivity contribution in [2.45, 2.75) is 58.5 Å². The highest BCUT2D eigenvalue weighted by Gasteiger charge is 2.17. The van der Waals surface area contributed by atoms with E-state index in [0.29, 0.717) is 13.2 Å². The normalized spacial score (nSPS) is 12.2. The number of carbonyl (C=O) groups is 1. The highest BCUT2D eigenvalue weighted by molar-refractivity contribution is 5.70. The van der Waals surface area contributed by atoms with Crippen LogP contribution in [0.25, 0.3) is 0 Å². The van der Waals surface area contributed by atoms with E-state index in [-0.39, 0.29) is 5.92 Å². The van der Waals surface area contributed by atoms with E-state index in [1.165, 1.54) is 25.7 Å². The molecule has 3 nitrogen and oxygen atoms in total. The molecule has 0 aromatic heterocycles. The van der Waals surface area contributed by atoms with Crippen molar-refractivity contribution >= 4 is 5.97 Å². The second-order valence-electron chi connectivity index (χ2n) is 5.59. The molecule has 0 saturated heterocycles. The van der Waals surface area contributed by atoms with E-state index < -0.39 is 5.97 Å². The highest BCUT2D eigenvalue weighted by Crippen LogP contribution is 2.14. The Morgan fingerprint density at radius 2 is 1.76 bits per heavy atom. The van der Waals surface area contributed by atoms with E-state index in [2.05, 4.69) is 6.92 Å². The first-order valence-electron chi connectivity index (χ1n) is 8.08.